The van der Waals surface area contributed by atoms with Gasteiger partial charge in [-0.05, 0) is 13.0 Å². The van der Waals surface area contributed by atoms with Gasteiger partial charge in [0.05, 0.1) is 46.2 Å². The van der Waals surface area contributed by atoms with E-state index >= 15 is 0 Å². The summed E-state index contributed by atoms with van der Waals surface area (Å²) in [6, 6.07) is 0. The van der Waals surface area contributed by atoms with E-state index in [0.29, 0.717) is 45.6 Å². The molecule has 0 aromatic carbocycles. The molecule has 5 nitrogen and oxygen atoms in total. The first-order valence-corrected chi connectivity index (χ1v) is 6.73. The van der Waals surface area contributed by atoms with E-state index in [9.17, 15) is 0 Å². The average molecular weight is 263 g/mol. The van der Waals surface area contributed by atoms with Gasteiger partial charge >= 0.3 is 0 Å². The Labute approximate surface area is 111 Å². The third-order valence-corrected chi connectivity index (χ3v) is 2.06. The minimum atomic E-state index is 0.580. The van der Waals surface area contributed by atoms with Crippen molar-refractivity contribution < 1.29 is 18.9 Å². The van der Waals surface area contributed by atoms with Crippen LogP contribution in [-0.4, -0.2) is 66.4 Å². The number of rotatable bonds is 14. The zero-order valence-electron chi connectivity index (χ0n) is 12.1. The molecule has 0 bridgehead atoms. The minimum Gasteiger partial charge on any atom is -0.379 e. The largest absolute Gasteiger partial charge is 0.379 e. The lowest BCUT2D eigenvalue weighted by Gasteiger charge is -2.08. The Morgan fingerprint density at radius 3 is 1.61 bits per heavy atom. The third-order valence-electron chi connectivity index (χ3n) is 2.06. The molecule has 0 radical (unpaired) electrons. The van der Waals surface area contributed by atoms with Gasteiger partial charge in [-0.15, -0.1) is 0 Å². The van der Waals surface area contributed by atoms with E-state index in [0.717, 1.165) is 19.8 Å². The molecule has 1 N–H and O–H groups in total. The maximum atomic E-state index is 5.39. The molecule has 0 fully saturated rings. The van der Waals surface area contributed by atoms with Crippen molar-refractivity contribution in [2.24, 2.45) is 5.92 Å². The highest BCUT2D eigenvalue weighted by Gasteiger charge is 1.94. The van der Waals surface area contributed by atoms with Gasteiger partial charge in [0.2, 0.25) is 0 Å². The maximum Gasteiger partial charge on any atom is 0.0701 e. The summed E-state index contributed by atoms with van der Waals surface area (Å²) in [5, 5.41) is 3.01. The molecule has 0 aromatic heterocycles. The molecule has 0 spiro atoms. The molecule has 0 aliphatic heterocycles. The summed E-state index contributed by atoms with van der Waals surface area (Å²) in [4.78, 5) is 0. The molecule has 0 aliphatic rings. The molecule has 110 valence electrons. The van der Waals surface area contributed by atoms with Crippen LogP contribution in [-0.2, 0) is 18.9 Å². The van der Waals surface area contributed by atoms with Crippen molar-refractivity contribution in [1.29, 1.82) is 0 Å². The van der Waals surface area contributed by atoms with Crippen molar-refractivity contribution >= 4 is 0 Å². The summed E-state index contributed by atoms with van der Waals surface area (Å²) < 4.78 is 21.4. The molecule has 5 heteroatoms. The highest BCUT2D eigenvalue weighted by molar-refractivity contribution is 4.40. The van der Waals surface area contributed by atoms with Crippen LogP contribution in [0.3, 0.4) is 0 Å². The quantitative estimate of drug-likeness (QED) is 0.472. The van der Waals surface area contributed by atoms with Crippen LogP contribution in [0.4, 0.5) is 0 Å². The normalized spacial score (nSPS) is 11.3. The molecule has 0 heterocycles. The zero-order chi connectivity index (χ0) is 13.5. The van der Waals surface area contributed by atoms with Gasteiger partial charge in [0.15, 0.2) is 0 Å². The van der Waals surface area contributed by atoms with Crippen molar-refractivity contribution in [1.82, 2.24) is 5.32 Å². The molecular weight excluding hydrogens is 234 g/mol. The predicted molar refractivity (Wildman–Crippen MR) is 72.0 cm³/mol. The Morgan fingerprint density at radius 2 is 1.17 bits per heavy atom. The monoisotopic (exact) mass is 263 g/mol. The van der Waals surface area contributed by atoms with Crippen molar-refractivity contribution in [3.8, 4) is 0 Å². The van der Waals surface area contributed by atoms with E-state index in [1.165, 1.54) is 0 Å². The van der Waals surface area contributed by atoms with E-state index in [4.69, 9.17) is 18.9 Å². The Balaban J connectivity index is 2.90. The maximum absolute atomic E-state index is 5.39. The van der Waals surface area contributed by atoms with Crippen LogP contribution in [0.2, 0.25) is 0 Å². The summed E-state index contributed by atoms with van der Waals surface area (Å²) in [7, 11) is 1.90. The summed E-state index contributed by atoms with van der Waals surface area (Å²) in [5.74, 6) is 0.580. The van der Waals surface area contributed by atoms with Crippen molar-refractivity contribution in [3.05, 3.63) is 0 Å². The average Bonchev–Trinajstić information content (AvgIpc) is 2.34. The SMILES string of the molecule is CNCCOCCOCCOCCOCC(C)C. The Hall–Kier alpha value is -0.200. The van der Waals surface area contributed by atoms with E-state index in [2.05, 4.69) is 19.2 Å². The first-order valence-electron chi connectivity index (χ1n) is 6.73. The summed E-state index contributed by atoms with van der Waals surface area (Å²) >= 11 is 0. The summed E-state index contributed by atoms with van der Waals surface area (Å²) in [6.07, 6.45) is 0. The van der Waals surface area contributed by atoms with Crippen LogP contribution in [0.15, 0.2) is 0 Å². The van der Waals surface area contributed by atoms with Gasteiger partial charge in [-0.2, -0.15) is 0 Å². The second-order valence-electron chi connectivity index (χ2n) is 4.41. The van der Waals surface area contributed by atoms with E-state index in [1.807, 2.05) is 7.05 Å². The molecule has 0 saturated carbocycles. The van der Waals surface area contributed by atoms with Crippen LogP contribution in [0, 0.1) is 5.92 Å². The van der Waals surface area contributed by atoms with Gasteiger partial charge in [-0.1, -0.05) is 13.8 Å². The Bertz CT molecular complexity index is 156. The molecular formula is C13H29NO4. The number of hydrogen-bond acceptors (Lipinski definition) is 5. The van der Waals surface area contributed by atoms with Gasteiger partial charge < -0.3 is 24.3 Å². The van der Waals surface area contributed by atoms with Crippen LogP contribution < -0.4 is 5.32 Å². The van der Waals surface area contributed by atoms with Crippen LogP contribution in [0.25, 0.3) is 0 Å². The van der Waals surface area contributed by atoms with Crippen LogP contribution in [0.5, 0.6) is 0 Å². The molecule has 0 atom stereocenters. The number of ether oxygens (including phenoxy) is 4. The van der Waals surface area contributed by atoms with Crippen molar-refractivity contribution in [2.75, 3.05) is 66.4 Å². The van der Waals surface area contributed by atoms with Gasteiger partial charge in [0.1, 0.15) is 0 Å². The third kappa shape index (κ3) is 15.8. The minimum absolute atomic E-state index is 0.580. The molecule has 0 aliphatic carbocycles. The second kappa shape index (κ2) is 14.9. The first-order chi connectivity index (χ1) is 8.77. The van der Waals surface area contributed by atoms with Crippen molar-refractivity contribution in [3.63, 3.8) is 0 Å². The van der Waals surface area contributed by atoms with Crippen LogP contribution >= 0.6 is 0 Å². The van der Waals surface area contributed by atoms with Gasteiger partial charge in [-0.25, -0.2) is 0 Å². The lowest BCUT2D eigenvalue weighted by molar-refractivity contribution is -0.00418. The highest BCUT2D eigenvalue weighted by Crippen LogP contribution is 1.91. The Kier molecular flexibility index (Phi) is 14.7. The fourth-order valence-corrected chi connectivity index (χ4v) is 1.15. The number of hydrogen-bond donors (Lipinski definition) is 1. The lowest BCUT2D eigenvalue weighted by Crippen LogP contribution is -2.17. The van der Waals surface area contributed by atoms with Gasteiger partial charge in [0.25, 0.3) is 0 Å². The Morgan fingerprint density at radius 1 is 0.722 bits per heavy atom. The van der Waals surface area contributed by atoms with Crippen molar-refractivity contribution in [2.45, 2.75) is 13.8 Å². The molecule has 0 amide bonds. The fraction of sp³-hybridized carbons (Fsp3) is 1.00. The van der Waals surface area contributed by atoms with Crippen LogP contribution in [0.1, 0.15) is 13.8 Å². The molecule has 0 unspecified atom stereocenters. The number of nitrogens with one attached hydrogen (secondary N) is 1. The smallest absolute Gasteiger partial charge is 0.0701 e. The highest BCUT2D eigenvalue weighted by atomic mass is 16.6. The summed E-state index contributed by atoms with van der Waals surface area (Å²) in [5.41, 5.74) is 0. The zero-order valence-corrected chi connectivity index (χ0v) is 12.1. The fourth-order valence-electron chi connectivity index (χ4n) is 1.15. The number of likely N-dealkylation sites (N-methyl/N-ethyl adjacent to an activating group) is 1. The van der Waals surface area contributed by atoms with E-state index < -0.39 is 0 Å². The molecule has 0 aromatic rings. The topological polar surface area (TPSA) is 49.0 Å². The molecule has 0 rings (SSSR count). The molecule has 18 heavy (non-hydrogen) atoms. The van der Waals surface area contributed by atoms with E-state index in [-0.39, 0.29) is 0 Å². The summed E-state index contributed by atoms with van der Waals surface area (Å²) in [6.45, 7) is 10.4. The first kappa shape index (κ1) is 17.8. The second-order valence-corrected chi connectivity index (χ2v) is 4.41. The van der Waals surface area contributed by atoms with E-state index in [1.54, 1.807) is 0 Å². The predicted octanol–water partition coefficient (Wildman–Crippen LogP) is 0.928. The standard InChI is InChI=1S/C13H29NO4/c1-13(2)12-18-11-10-17-9-8-16-7-6-15-5-4-14-3/h13-14H,4-12H2,1-3H3. The van der Waals surface area contributed by atoms with Gasteiger partial charge in [-0.3, -0.25) is 0 Å². The van der Waals surface area contributed by atoms with Gasteiger partial charge in [0, 0.05) is 13.2 Å². The molecule has 0 saturated heterocycles. The lowest BCUT2D eigenvalue weighted by atomic mass is 10.2.